The molecule has 0 amide bonds. The van der Waals surface area contributed by atoms with Gasteiger partial charge < -0.3 is 0 Å². The first-order valence-corrected chi connectivity index (χ1v) is 4.98. The zero-order valence-electron chi connectivity index (χ0n) is 7.72. The molecule has 80 valence electrons. The Labute approximate surface area is 87.8 Å². The lowest BCUT2D eigenvalue weighted by Gasteiger charge is -1.99. The molecule has 15 heavy (non-hydrogen) atoms. The number of nitrogens with one attached hydrogen (secondary N) is 1. The largest absolute Gasteiger partial charge is 0.432 e. The summed E-state index contributed by atoms with van der Waals surface area (Å²) in [6.07, 6.45) is -4.36. The fourth-order valence-electron chi connectivity index (χ4n) is 1.17. The van der Waals surface area contributed by atoms with E-state index in [1.54, 1.807) is 6.07 Å². The molecule has 2 heterocycles. The Bertz CT molecular complexity index is 470. The van der Waals surface area contributed by atoms with Gasteiger partial charge in [-0.1, -0.05) is 0 Å². The summed E-state index contributed by atoms with van der Waals surface area (Å²) < 4.78 is 36.8. The molecule has 1 N–H and O–H groups in total. The second kappa shape index (κ2) is 3.37. The zero-order chi connectivity index (χ0) is 11.1. The van der Waals surface area contributed by atoms with E-state index in [4.69, 9.17) is 0 Å². The number of aromatic nitrogens is 2. The lowest BCUT2D eigenvalue weighted by Crippen LogP contribution is -2.04. The average molecular weight is 232 g/mol. The smallest absolute Gasteiger partial charge is 0.273 e. The molecule has 2 aromatic heterocycles. The molecule has 2 aromatic rings. The molecule has 6 heteroatoms. The third kappa shape index (κ3) is 2.04. The normalized spacial score (nSPS) is 12.0. The molecule has 0 saturated carbocycles. The number of hydrogen-bond donors (Lipinski definition) is 1. The van der Waals surface area contributed by atoms with Gasteiger partial charge in [-0.25, -0.2) is 0 Å². The first kappa shape index (κ1) is 10.2. The van der Waals surface area contributed by atoms with Crippen molar-refractivity contribution < 1.29 is 13.2 Å². The maximum absolute atomic E-state index is 12.3. The van der Waals surface area contributed by atoms with Gasteiger partial charge in [-0.2, -0.15) is 18.3 Å². The maximum Gasteiger partial charge on any atom is 0.432 e. The predicted molar refractivity (Wildman–Crippen MR) is 51.6 cm³/mol. The summed E-state index contributed by atoms with van der Waals surface area (Å²) in [5.74, 6) is 0. The van der Waals surface area contributed by atoms with Crippen molar-refractivity contribution in [3.63, 3.8) is 0 Å². The van der Waals surface area contributed by atoms with E-state index < -0.39 is 11.9 Å². The Balaban J connectivity index is 2.36. The summed E-state index contributed by atoms with van der Waals surface area (Å²) in [7, 11) is 0. The standard InChI is InChI=1S/C9H7F3N2S/c1-5-2-3-7(15-5)6-4-8(14-13-6)9(10,11)12/h2-4H,1H3,(H,13,14). The van der Waals surface area contributed by atoms with Gasteiger partial charge in [0.05, 0.1) is 4.88 Å². The van der Waals surface area contributed by atoms with E-state index >= 15 is 0 Å². The van der Waals surface area contributed by atoms with Gasteiger partial charge in [-0.3, -0.25) is 5.10 Å². The van der Waals surface area contributed by atoms with Crippen LogP contribution < -0.4 is 0 Å². The van der Waals surface area contributed by atoms with Crippen LogP contribution in [0.1, 0.15) is 10.6 Å². The maximum atomic E-state index is 12.3. The highest BCUT2D eigenvalue weighted by Gasteiger charge is 2.33. The number of aromatic amines is 1. The van der Waals surface area contributed by atoms with Crippen molar-refractivity contribution in [1.29, 1.82) is 0 Å². The molecule has 0 unspecified atom stereocenters. The molecular weight excluding hydrogens is 225 g/mol. The van der Waals surface area contributed by atoms with Crippen LogP contribution >= 0.6 is 11.3 Å². The summed E-state index contributed by atoms with van der Waals surface area (Å²) in [4.78, 5) is 1.78. The second-order valence-electron chi connectivity index (χ2n) is 3.07. The van der Waals surface area contributed by atoms with Crippen LogP contribution in [0.2, 0.25) is 0 Å². The van der Waals surface area contributed by atoms with Gasteiger partial charge in [0.1, 0.15) is 11.4 Å². The molecule has 0 spiro atoms. The first-order chi connectivity index (χ1) is 6.97. The molecule has 0 aliphatic heterocycles. The fourth-order valence-corrected chi connectivity index (χ4v) is 1.99. The lowest BCUT2D eigenvalue weighted by atomic mass is 10.3. The van der Waals surface area contributed by atoms with Crippen LogP contribution in [0.25, 0.3) is 10.6 Å². The number of rotatable bonds is 1. The van der Waals surface area contributed by atoms with Gasteiger partial charge in [0, 0.05) is 4.88 Å². The van der Waals surface area contributed by atoms with E-state index in [2.05, 4.69) is 5.10 Å². The summed E-state index contributed by atoms with van der Waals surface area (Å²) in [5, 5.41) is 5.62. The number of thiophene rings is 1. The predicted octanol–water partition coefficient (Wildman–Crippen LogP) is 3.47. The van der Waals surface area contributed by atoms with E-state index in [0.717, 1.165) is 15.8 Å². The monoisotopic (exact) mass is 232 g/mol. The molecule has 0 aromatic carbocycles. The SMILES string of the molecule is Cc1ccc(-c2cc(C(F)(F)F)[nH]n2)s1. The molecule has 0 fully saturated rings. The fraction of sp³-hybridized carbons (Fsp3) is 0.222. The molecule has 0 saturated heterocycles. The van der Waals surface area contributed by atoms with Gasteiger partial charge in [0.25, 0.3) is 0 Å². The molecule has 0 aliphatic carbocycles. The minimum Gasteiger partial charge on any atom is -0.273 e. The first-order valence-electron chi connectivity index (χ1n) is 4.16. The minimum atomic E-state index is -4.36. The van der Waals surface area contributed by atoms with Crippen LogP contribution in [-0.2, 0) is 6.18 Å². The van der Waals surface area contributed by atoms with Crippen LogP contribution in [0.15, 0.2) is 18.2 Å². The van der Waals surface area contributed by atoms with Crippen LogP contribution in [0.3, 0.4) is 0 Å². The number of hydrogen-bond acceptors (Lipinski definition) is 2. The number of alkyl halides is 3. The molecule has 0 bridgehead atoms. The van der Waals surface area contributed by atoms with Gasteiger partial charge in [-0.15, -0.1) is 11.3 Å². The third-order valence-corrected chi connectivity index (χ3v) is 2.90. The highest BCUT2D eigenvalue weighted by molar-refractivity contribution is 7.15. The molecule has 2 nitrogen and oxygen atoms in total. The Hall–Kier alpha value is -1.30. The Morgan fingerprint density at radius 2 is 2.07 bits per heavy atom. The Morgan fingerprint density at radius 1 is 1.33 bits per heavy atom. The van der Waals surface area contributed by atoms with E-state index in [9.17, 15) is 13.2 Å². The lowest BCUT2D eigenvalue weighted by molar-refractivity contribution is -0.141. The van der Waals surface area contributed by atoms with Crippen molar-refractivity contribution in [1.82, 2.24) is 10.2 Å². The van der Waals surface area contributed by atoms with Gasteiger partial charge in [-0.05, 0) is 25.1 Å². The van der Waals surface area contributed by atoms with Crippen molar-refractivity contribution in [2.75, 3.05) is 0 Å². The topological polar surface area (TPSA) is 28.7 Å². The van der Waals surface area contributed by atoms with E-state index in [1.165, 1.54) is 11.3 Å². The summed E-state index contributed by atoms with van der Waals surface area (Å²) >= 11 is 1.41. The zero-order valence-corrected chi connectivity index (χ0v) is 8.54. The molecule has 0 aliphatic rings. The number of H-pyrrole nitrogens is 1. The highest BCUT2D eigenvalue weighted by atomic mass is 32.1. The van der Waals surface area contributed by atoms with Crippen molar-refractivity contribution in [3.05, 3.63) is 28.8 Å². The number of nitrogens with zero attached hydrogens (tertiary/aromatic N) is 1. The quantitative estimate of drug-likeness (QED) is 0.801. The average Bonchev–Trinajstić information content (AvgIpc) is 2.69. The van der Waals surface area contributed by atoms with E-state index in [-0.39, 0.29) is 0 Å². The van der Waals surface area contributed by atoms with Crippen LogP contribution in [-0.4, -0.2) is 10.2 Å². The van der Waals surface area contributed by atoms with Crippen molar-refractivity contribution in [2.24, 2.45) is 0 Å². The summed E-state index contributed by atoms with van der Waals surface area (Å²) in [6.45, 7) is 1.89. The van der Waals surface area contributed by atoms with Crippen molar-refractivity contribution >= 4 is 11.3 Å². The number of halogens is 3. The van der Waals surface area contributed by atoms with Gasteiger partial charge in [0.15, 0.2) is 0 Å². The summed E-state index contributed by atoms with van der Waals surface area (Å²) in [6, 6.07) is 4.63. The Morgan fingerprint density at radius 3 is 2.53 bits per heavy atom. The molecular formula is C9H7F3N2S. The molecule has 0 radical (unpaired) electrons. The van der Waals surface area contributed by atoms with Crippen LogP contribution in [0, 0.1) is 6.92 Å². The molecule has 0 atom stereocenters. The van der Waals surface area contributed by atoms with Crippen LogP contribution in [0.4, 0.5) is 13.2 Å². The van der Waals surface area contributed by atoms with Crippen LogP contribution in [0.5, 0.6) is 0 Å². The summed E-state index contributed by atoms with van der Waals surface area (Å²) in [5.41, 5.74) is -0.482. The van der Waals surface area contributed by atoms with E-state index in [0.29, 0.717) is 5.69 Å². The van der Waals surface area contributed by atoms with Crippen molar-refractivity contribution in [3.8, 4) is 10.6 Å². The number of aryl methyl sites for hydroxylation is 1. The van der Waals surface area contributed by atoms with Crippen molar-refractivity contribution in [2.45, 2.75) is 13.1 Å². The highest BCUT2D eigenvalue weighted by Crippen LogP contribution is 2.32. The second-order valence-corrected chi connectivity index (χ2v) is 4.36. The van der Waals surface area contributed by atoms with E-state index in [1.807, 2.05) is 18.1 Å². The van der Waals surface area contributed by atoms with Gasteiger partial charge >= 0.3 is 6.18 Å². The Kier molecular flexibility index (Phi) is 2.30. The third-order valence-electron chi connectivity index (χ3n) is 1.88. The molecule has 2 rings (SSSR count). The minimum absolute atomic E-state index is 0.334. The van der Waals surface area contributed by atoms with Gasteiger partial charge in [0.2, 0.25) is 0 Å².